The second kappa shape index (κ2) is 9.63. The molecule has 0 radical (unpaired) electrons. The second-order valence-corrected chi connectivity index (χ2v) is 10.9. The third-order valence-electron chi connectivity index (χ3n) is 8.32. The van der Waals surface area contributed by atoms with Gasteiger partial charge in [0.15, 0.2) is 0 Å². The van der Waals surface area contributed by atoms with Crippen molar-refractivity contribution in [3.63, 3.8) is 0 Å². The lowest BCUT2D eigenvalue weighted by molar-refractivity contribution is 0.0679. The number of hydrogen-bond acceptors (Lipinski definition) is 4. The van der Waals surface area contributed by atoms with E-state index in [9.17, 15) is 9.18 Å². The van der Waals surface area contributed by atoms with Crippen LogP contribution in [0.2, 0.25) is 0 Å². The summed E-state index contributed by atoms with van der Waals surface area (Å²) < 4.78 is 13.8. The molecule has 3 heterocycles. The lowest BCUT2D eigenvalue weighted by Crippen LogP contribution is -2.41. The second-order valence-electron chi connectivity index (χ2n) is 10.9. The fraction of sp³-hybridized carbons (Fsp3) is 0.607. The van der Waals surface area contributed by atoms with E-state index in [0.717, 1.165) is 94.2 Å². The number of nitrogens with zero attached hydrogens (tertiary/aromatic N) is 4. The molecule has 3 fully saturated rings. The monoisotopic (exact) mass is 464 g/mol. The quantitative estimate of drug-likeness (QED) is 0.592. The molecule has 0 spiro atoms. The van der Waals surface area contributed by atoms with Crippen molar-refractivity contribution < 1.29 is 9.18 Å². The standard InChI is InChI=1S/C28H37FN4O/c1-20-11-16-32(17-12-20)27-30-18-24(26(34)33-15-5-6-21(2)19-33)25(31-27)28(13-3-4-14-28)22-7-9-23(29)10-8-22/h7-10,18,20-21H,3-6,11-17,19H2,1-2H3. The molecule has 5 rings (SSSR count). The molecule has 6 heteroatoms. The Morgan fingerprint density at radius 2 is 1.68 bits per heavy atom. The van der Waals surface area contributed by atoms with E-state index >= 15 is 0 Å². The zero-order valence-electron chi connectivity index (χ0n) is 20.6. The van der Waals surface area contributed by atoms with Crippen LogP contribution in [0, 0.1) is 17.7 Å². The highest BCUT2D eigenvalue weighted by Crippen LogP contribution is 2.47. The van der Waals surface area contributed by atoms with Gasteiger partial charge in [-0.05, 0) is 68.1 Å². The Labute approximate surface area is 202 Å². The van der Waals surface area contributed by atoms with E-state index in [2.05, 4.69) is 18.7 Å². The summed E-state index contributed by atoms with van der Waals surface area (Å²) in [6.07, 6.45) is 10.3. The third-order valence-corrected chi connectivity index (χ3v) is 8.32. The molecule has 1 aromatic heterocycles. The minimum Gasteiger partial charge on any atom is -0.341 e. The molecule has 1 atom stereocenters. The van der Waals surface area contributed by atoms with Crippen LogP contribution in [-0.4, -0.2) is 47.0 Å². The summed E-state index contributed by atoms with van der Waals surface area (Å²) in [6, 6.07) is 6.86. The fourth-order valence-electron chi connectivity index (χ4n) is 6.21. The zero-order chi connectivity index (χ0) is 23.7. The van der Waals surface area contributed by atoms with Gasteiger partial charge in [-0.25, -0.2) is 14.4 Å². The van der Waals surface area contributed by atoms with Gasteiger partial charge in [0.2, 0.25) is 5.95 Å². The lowest BCUT2D eigenvalue weighted by Gasteiger charge is -2.36. The van der Waals surface area contributed by atoms with Crippen molar-refractivity contribution in [2.75, 3.05) is 31.1 Å². The van der Waals surface area contributed by atoms with E-state index in [-0.39, 0.29) is 17.1 Å². The first-order valence-electron chi connectivity index (χ1n) is 13.1. The van der Waals surface area contributed by atoms with E-state index in [1.54, 1.807) is 6.20 Å². The highest BCUT2D eigenvalue weighted by Gasteiger charge is 2.43. The predicted molar refractivity (Wildman–Crippen MR) is 133 cm³/mol. The molecule has 5 nitrogen and oxygen atoms in total. The van der Waals surface area contributed by atoms with Crippen LogP contribution in [-0.2, 0) is 5.41 Å². The predicted octanol–water partition coefficient (Wildman–Crippen LogP) is 5.58. The molecule has 1 saturated carbocycles. The third kappa shape index (κ3) is 4.44. The number of hydrogen-bond donors (Lipinski definition) is 0. The van der Waals surface area contributed by atoms with Gasteiger partial charge < -0.3 is 9.80 Å². The highest BCUT2D eigenvalue weighted by molar-refractivity contribution is 5.95. The number of piperidine rings is 2. The van der Waals surface area contributed by atoms with Crippen LogP contribution in [0.15, 0.2) is 30.5 Å². The van der Waals surface area contributed by atoms with Gasteiger partial charge >= 0.3 is 0 Å². The van der Waals surface area contributed by atoms with Crippen molar-refractivity contribution in [2.45, 2.75) is 70.6 Å². The first kappa shape index (κ1) is 23.3. The molecule has 2 aromatic rings. The number of aromatic nitrogens is 2. The molecule has 1 aromatic carbocycles. The van der Waals surface area contributed by atoms with Crippen molar-refractivity contribution in [1.29, 1.82) is 0 Å². The molecule has 182 valence electrons. The summed E-state index contributed by atoms with van der Waals surface area (Å²) in [5, 5.41) is 0. The Morgan fingerprint density at radius 1 is 0.971 bits per heavy atom. The smallest absolute Gasteiger partial charge is 0.257 e. The summed E-state index contributed by atoms with van der Waals surface area (Å²) in [4.78, 5) is 28.0. The number of likely N-dealkylation sites (tertiary alicyclic amines) is 1. The number of halogens is 1. The molecule has 0 bridgehead atoms. The number of anilines is 1. The molecular weight excluding hydrogens is 427 g/mol. The van der Waals surface area contributed by atoms with Gasteiger partial charge in [0.05, 0.1) is 11.3 Å². The van der Waals surface area contributed by atoms with Gasteiger partial charge in [-0.3, -0.25) is 4.79 Å². The highest BCUT2D eigenvalue weighted by atomic mass is 19.1. The van der Waals surface area contributed by atoms with Gasteiger partial charge in [-0.2, -0.15) is 0 Å². The normalized spacial score (nSPS) is 23.3. The summed E-state index contributed by atoms with van der Waals surface area (Å²) >= 11 is 0. The van der Waals surface area contributed by atoms with Crippen molar-refractivity contribution in [3.05, 3.63) is 53.1 Å². The van der Waals surface area contributed by atoms with Gasteiger partial charge in [0.1, 0.15) is 5.82 Å². The van der Waals surface area contributed by atoms with Crippen molar-refractivity contribution >= 4 is 11.9 Å². The topological polar surface area (TPSA) is 49.3 Å². The summed E-state index contributed by atoms with van der Waals surface area (Å²) in [6.45, 7) is 7.98. The van der Waals surface area contributed by atoms with Gasteiger partial charge in [-0.15, -0.1) is 0 Å². The van der Waals surface area contributed by atoms with Gasteiger partial charge in [-0.1, -0.05) is 38.8 Å². The van der Waals surface area contributed by atoms with Crippen LogP contribution in [0.3, 0.4) is 0 Å². The molecule has 1 aliphatic carbocycles. The van der Waals surface area contributed by atoms with Crippen LogP contribution in [0.1, 0.15) is 86.8 Å². The van der Waals surface area contributed by atoms with Gasteiger partial charge in [0, 0.05) is 37.8 Å². The van der Waals surface area contributed by atoms with Crippen LogP contribution < -0.4 is 4.90 Å². The molecule has 2 saturated heterocycles. The van der Waals surface area contributed by atoms with E-state index < -0.39 is 0 Å². The van der Waals surface area contributed by atoms with E-state index in [4.69, 9.17) is 9.97 Å². The van der Waals surface area contributed by atoms with Crippen LogP contribution in [0.5, 0.6) is 0 Å². The summed E-state index contributed by atoms with van der Waals surface area (Å²) in [5.41, 5.74) is 2.17. The van der Waals surface area contributed by atoms with E-state index in [0.29, 0.717) is 11.5 Å². The Kier molecular flexibility index (Phi) is 6.59. The maximum atomic E-state index is 13.9. The zero-order valence-corrected chi connectivity index (χ0v) is 20.6. The maximum absolute atomic E-state index is 13.9. The number of amides is 1. The number of carbonyl (C=O) groups excluding carboxylic acids is 1. The Morgan fingerprint density at radius 3 is 2.35 bits per heavy atom. The van der Waals surface area contributed by atoms with Crippen LogP contribution in [0.25, 0.3) is 0 Å². The van der Waals surface area contributed by atoms with Gasteiger partial charge in [0.25, 0.3) is 5.91 Å². The minimum absolute atomic E-state index is 0.0498. The first-order valence-corrected chi connectivity index (χ1v) is 13.1. The molecule has 1 unspecified atom stereocenters. The largest absolute Gasteiger partial charge is 0.341 e. The number of carbonyl (C=O) groups is 1. The molecular formula is C28H37FN4O. The average molecular weight is 465 g/mol. The van der Waals surface area contributed by atoms with Crippen molar-refractivity contribution in [1.82, 2.24) is 14.9 Å². The summed E-state index contributed by atoms with van der Waals surface area (Å²) in [7, 11) is 0. The Hall–Kier alpha value is -2.50. The summed E-state index contributed by atoms with van der Waals surface area (Å²) in [5.74, 6) is 1.78. The minimum atomic E-state index is -0.374. The molecule has 0 N–H and O–H groups in total. The maximum Gasteiger partial charge on any atom is 0.257 e. The molecule has 3 aliphatic rings. The average Bonchev–Trinajstić information content (AvgIpc) is 3.35. The number of benzene rings is 1. The van der Waals surface area contributed by atoms with E-state index in [1.165, 1.54) is 18.6 Å². The first-order chi connectivity index (χ1) is 16.5. The molecule has 34 heavy (non-hydrogen) atoms. The SMILES string of the molecule is CC1CCN(c2ncc(C(=O)N3CCCC(C)C3)c(C3(c4ccc(F)cc4)CCCC3)n2)CC1. The van der Waals surface area contributed by atoms with Crippen molar-refractivity contribution in [2.24, 2.45) is 11.8 Å². The Balaban J connectivity index is 1.60. The van der Waals surface area contributed by atoms with Crippen molar-refractivity contribution in [3.8, 4) is 0 Å². The Bertz CT molecular complexity index is 1010. The molecule has 2 aliphatic heterocycles. The fourth-order valence-corrected chi connectivity index (χ4v) is 6.21. The van der Waals surface area contributed by atoms with Crippen LogP contribution >= 0.6 is 0 Å². The lowest BCUT2D eigenvalue weighted by atomic mass is 9.74. The van der Waals surface area contributed by atoms with Crippen LogP contribution in [0.4, 0.5) is 10.3 Å². The van der Waals surface area contributed by atoms with E-state index in [1.807, 2.05) is 17.0 Å². The number of rotatable bonds is 4. The molecule has 1 amide bonds.